The largest absolute Gasteiger partial charge is 0.294 e. The molecule has 5 aliphatic rings. The number of allylic oxidation sites excluding steroid dienone is 12. The molecule has 5 aliphatic heterocycles. The molecule has 0 unspecified atom stereocenters. The number of fused-ring (bicyclic) bond motifs is 4. The summed E-state index contributed by atoms with van der Waals surface area (Å²) in [4.78, 5) is 18.7. The van der Waals surface area contributed by atoms with E-state index in [1.807, 2.05) is 0 Å². The fourth-order valence-corrected chi connectivity index (χ4v) is 9.36. The smallest absolute Gasteiger partial charge is 0.282 e. The van der Waals surface area contributed by atoms with Crippen molar-refractivity contribution in [3.05, 3.63) is 191 Å². The maximum absolute atomic E-state index is 12.0. The highest BCUT2D eigenvalue weighted by molar-refractivity contribution is 7.86. The maximum atomic E-state index is 12.0. The molecule has 0 saturated heterocycles. The zero-order valence-electron chi connectivity index (χ0n) is 32.3. The van der Waals surface area contributed by atoms with Gasteiger partial charge in [0, 0.05) is 22.3 Å². The van der Waals surface area contributed by atoms with Gasteiger partial charge in [0.25, 0.3) is 40.5 Å². The second kappa shape index (κ2) is 15.4. The number of aliphatic imine (C=N–C) groups is 4. The van der Waals surface area contributed by atoms with Crippen LogP contribution in [-0.4, -0.2) is 74.7 Å². The Kier molecular flexibility index (Phi) is 10.2. The highest BCUT2D eigenvalue weighted by Crippen LogP contribution is 2.39. The van der Waals surface area contributed by atoms with Crippen LogP contribution in [0.25, 0.3) is 22.3 Å². The summed E-state index contributed by atoms with van der Waals surface area (Å²) in [6.45, 7) is 0. The normalized spacial score (nSPS) is 17.4. The third-order valence-corrected chi connectivity index (χ3v) is 13.8. The van der Waals surface area contributed by atoms with Crippen molar-refractivity contribution in [2.24, 2.45) is 20.0 Å². The van der Waals surface area contributed by atoms with Gasteiger partial charge in [0.05, 0.1) is 65.2 Å². The zero-order valence-corrected chi connectivity index (χ0v) is 35.6. The van der Waals surface area contributed by atoms with Crippen LogP contribution in [-0.2, 0) is 40.5 Å². The lowest BCUT2D eigenvalue weighted by Crippen LogP contribution is -2.05. The van der Waals surface area contributed by atoms with Crippen LogP contribution in [0.2, 0.25) is 0 Å². The van der Waals surface area contributed by atoms with Gasteiger partial charge < -0.3 is 0 Å². The Hall–Kier alpha value is -6.88. The second-order valence-corrected chi connectivity index (χ2v) is 20.0. The highest BCUT2D eigenvalue weighted by Gasteiger charge is 2.29. The average molecular weight is 933 g/mol. The first-order valence-electron chi connectivity index (χ1n) is 18.6. The molecule has 64 heavy (non-hydrogen) atoms. The maximum Gasteiger partial charge on any atom is 0.294 e. The summed E-state index contributed by atoms with van der Waals surface area (Å²) in [5.74, 6) is 0. The quantitative estimate of drug-likeness (QED) is 0.135. The minimum absolute atomic E-state index is 0.351. The fraction of sp³-hybridized carbons (Fsp3) is 0. The highest BCUT2D eigenvalue weighted by atomic mass is 32.2. The Balaban J connectivity index is 1.35. The van der Waals surface area contributed by atoms with Crippen molar-refractivity contribution >= 4 is 85.6 Å². The molecule has 5 heterocycles. The van der Waals surface area contributed by atoms with Crippen LogP contribution in [0.5, 0.6) is 0 Å². The van der Waals surface area contributed by atoms with Crippen molar-refractivity contribution in [3.63, 3.8) is 0 Å². The van der Waals surface area contributed by atoms with Crippen molar-refractivity contribution in [1.29, 1.82) is 0 Å². The van der Waals surface area contributed by atoms with E-state index in [0.717, 1.165) is 0 Å². The predicted octanol–water partition coefficient (Wildman–Crippen LogP) is 6.68. The molecule has 0 fully saturated rings. The van der Waals surface area contributed by atoms with E-state index in [4.69, 9.17) is 20.0 Å². The Morgan fingerprint density at radius 2 is 0.438 bits per heavy atom. The number of rotatable bonds is 8. The Morgan fingerprint density at radius 1 is 0.266 bits per heavy atom. The van der Waals surface area contributed by atoms with Crippen molar-refractivity contribution in [1.82, 2.24) is 0 Å². The second-order valence-electron chi connectivity index (χ2n) is 14.4. The van der Waals surface area contributed by atoms with Gasteiger partial charge in [-0.15, -0.1) is 0 Å². The molecular formula is C44H28N4O12S4. The van der Waals surface area contributed by atoms with Gasteiger partial charge in [0.15, 0.2) is 0 Å². The van der Waals surface area contributed by atoms with Gasteiger partial charge in [0.1, 0.15) is 0 Å². The van der Waals surface area contributed by atoms with Crippen LogP contribution >= 0.6 is 0 Å². The van der Waals surface area contributed by atoms with Crippen LogP contribution in [0.4, 0.5) is 0 Å². The van der Waals surface area contributed by atoms with E-state index >= 15 is 0 Å². The minimum Gasteiger partial charge on any atom is -0.282 e. The summed E-state index contributed by atoms with van der Waals surface area (Å²) in [5, 5.41) is 0. The monoisotopic (exact) mass is 932 g/mol. The summed E-state index contributed by atoms with van der Waals surface area (Å²) in [7, 11) is -18.2. The topological polar surface area (TPSA) is 267 Å². The van der Waals surface area contributed by atoms with Gasteiger partial charge >= 0.3 is 0 Å². The van der Waals surface area contributed by atoms with Gasteiger partial charge in [-0.2, -0.15) is 33.7 Å². The molecule has 20 heteroatoms. The first-order valence-corrected chi connectivity index (χ1v) is 24.4. The number of hydrogen-bond donors (Lipinski definition) is 4. The summed E-state index contributed by atoms with van der Waals surface area (Å²) in [5.41, 5.74) is 6.28. The summed E-state index contributed by atoms with van der Waals surface area (Å²) < 4.78 is 135. The molecule has 4 aromatic rings. The summed E-state index contributed by atoms with van der Waals surface area (Å²) >= 11 is 0. The van der Waals surface area contributed by atoms with Crippen LogP contribution in [0.1, 0.15) is 22.3 Å². The molecule has 8 bridgehead atoms. The molecular weight excluding hydrogens is 905 g/mol. The fourth-order valence-electron chi connectivity index (χ4n) is 7.44. The molecule has 4 N–H and O–H groups in total. The Bertz CT molecular complexity index is 3140. The third-order valence-electron chi connectivity index (χ3n) is 10.4. The van der Waals surface area contributed by atoms with Gasteiger partial charge in [-0.25, -0.2) is 20.0 Å². The predicted molar refractivity (Wildman–Crippen MR) is 239 cm³/mol. The third kappa shape index (κ3) is 8.11. The van der Waals surface area contributed by atoms with Crippen molar-refractivity contribution < 1.29 is 51.9 Å². The minimum atomic E-state index is -4.56. The lowest BCUT2D eigenvalue weighted by Gasteiger charge is -2.13. The first-order chi connectivity index (χ1) is 30.2. The average Bonchev–Trinajstić information content (AvgIpc) is 4.08. The zero-order chi connectivity index (χ0) is 45.3. The van der Waals surface area contributed by atoms with E-state index in [0.29, 0.717) is 90.2 Å². The molecule has 16 nitrogen and oxygen atoms in total. The molecule has 9 rings (SSSR count). The van der Waals surface area contributed by atoms with Crippen LogP contribution in [0.15, 0.2) is 208 Å². The van der Waals surface area contributed by atoms with Gasteiger partial charge in [-0.1, -0.05) is 48.5 Å². The van der Waals surface area contributed by atoms with Crippen molar-refractivity contribution in [2.75, 3.05) is 0 Å². The van der Waals surface area contributed by atoms with E-state index in [-0.39, 0.29) is 19.6 Å². The molecule has 0 aromatic heterocycles. The number of benzene rings is 4. The summed E-state index contributed by atoms with van der Waals surface area (Å²) in [6, 6.07) is 21.6. The van der Waals surface area contributed by atoms with E-state index < -0.39 is 40.5 Å². The number of hydrogen-bond acceptors (Lipinski definition) is 12. The standard InChI is InChI=1S/C44H28N4O12S4/c49-61(50,51)29-9-1-25(2-10-29)41-33-17-19-35(45-33)42(26-3-11-30(12-4-26)62(52,53)54)37-21-23-39(47-37)44(28-7-15-32(16-8-28)64(58,59)60)40-24-22-38(48-40)43(36-20-18-34(41)46-36)27-5-13-31(14-6-27)63(55,56)57/h1-24H,(H,49,50,51)(H,52,53,54)(H,55,56,57)(H,58,59,60). The molecule has 0 amide bonds. The van der Waals surface area contributed by atoms with E-state index in [9.17, 15) is 51.9 Å². The van der Waals surface area contributed by atoms with Crippen molar-refractivity contribution in [2.45, 2.75) is 19.6 Å². The lowest BCUT2D eigenvalue weighted by atomic mass is 9.98. The van der Waals surface area contributed by atoms with E-state index in [1.54, 1.807) is 48.6 Å². The van der Waals surface area contributed by atoms with Crippen molar-refractivity contribution in [3.8, 4) is 0 Å². The van der Waals surface area contributed by atoms with E-state index in [1.165, 1.54) is 97.1 Å². The molecule has 4 aromatic carbocycles. The Morgan fingerprint density at radius 3 is 0.594 bits per heavy atom. The lowest BCUT2D eigenvalue weighted by molar-refractivity contribution is 0.481. The molecule has 320 valence electrons. The molecule has 0 radical (unpaired) electrons. The Labute approximate surface area is 365 Å². The van der Waals surface area contributed by atoms with Crippen LogP contribution in [0, 0.1) is 0 Å². The SMILES string of the molecule is O=S(=O)(O)c1ccc(C2=C3C=CC(=N3)C(c3ccc(S(=O)(=O)O)cc3)=C3C=CC(=N3)C(c3ccc(S(=O)(=O)O)cc3)=C3C=CC(=N3)C(c3ccc(S(=O)(=O)O)cc3)=C3C=CC2=N3)cc1. The summed E-state index contributed by atoms with van der Waals surface area (Å²) in [6.07, 6.45) is 13.6. The first kappa shape index (κ1) is 42.4. The van der Waals surface area contributed by atoms with Crippen LogP contribution in [0.3, 0.4) is 0 Å². The molecule has 0 spiro atoms. The number of nitrogens with zero attached hydrogens (tertiary/aromatic N) is 4. The van der Waals surface area contributed by atoms with Gasteiger partial charge in [0.2, 0.25) is 0 Å². The molecule has 0 aliphatic carbocycles. The van der Waals surface area contributed by atoms with Crippen LogP contribution < -0.4 is 0 Å². The molecule has 0 atom stereocenters. The van der Waals surface area contributed by atoms with Gasteiger partial charge in [-0.05, 0) is 119 Å². The molecule has 0 saturated carbocycles. The van der Waals surface area contributed by atoms with E-state index in [2.05, 4.69) is 0 Å². The van der Waals surface area contributed by atoms with Gasteiger partial charge in [-0.3, -0.25) is 18.2 Å².